The van der Waals surface area contributed by atoms with Gasteiger partial charge in [-0.25, -0.2) is 0 Å². The third-order valence-corrected chi connectivity index (χ3v) is 4.68. The molecule has 0 saturated carbocycles. The summed E-state index contributed by atoms with van der Waals surface area (Å²) < 4.78 is 28.6. The Morgan fingerprint density at radius 2 is 1.40 bits per heavy atom. The molecule has 0 radical (unpaired) electrons. The van der Waals surface area contributed by atoms with E-state index in [2.05, 4.69) is 5.92 Å². The number of terminal acetylenes is 1. The molecule has 2 aromatic rings. The van der Waals surface area contributed by atoms with E-state index in [0.717, 1.165) is 5.56 Å². The van der Waals surface area contributed by atoms with Crippen molar-refractivity contribution in [2.75, 3.05) is 46.2 Å². The number of ether oxygens (including phenoxy) is 5. The molecule has 2 bridgehead atoms. The van der Waals surface area contributed by atoms with Crippen molar-refractivity contribution in [3.63, 3.8) is 0 Å². The number of phenolic OH excluding ortho intramolecular Hbond substituents is 1. The summed E-state index contributed by atoms with van der Waals surface area (Å²) in [6, 6.07) is 13.4. The predicted octanol–water partition coefficient (Wildman–Crippen LogP) is 3.21. The van der Waals surface area contributed by atoms with Crippen LogP contribution in [0.5, 0.6) is 5.75 Å². The fourth-order valence-corrected chi connectivity index (χ4v) is 3.12. The second-order valence-electron chi connectivity index (χ2n) is 6.85. The molecular formula is C24H28O6. The molecule has 0 amide bonds. The van der Waals surface area contributed by atoms with Crippen LogP contribution in [-0.2, 0) is 36.9 Å². The highest BCUT2D eigenvalue weighted by molar-refractivity contribution is 5.48. The van der Waals surface area contributed by atoms with Crippen LogP contribution in [0.2, 0.25) is 0 Å². The lowest BCUT2D eigenvalue weighted by molar-refractivity contribution is -0.0511. The molecule has 3 rings (SSSR count). The molecule has 6 nitrogen and oxygen atoms in total. The predicted molar refractivity (Wildman–Crippen MR) is 112 cm³/mol. The lowest BCUT2D eigenvalue weighted by atomic mass is 10.0. The van der Waals surface area contributed by atoms with Crippen molar-refractivity contribution in [3.05, 3.63) is 64.7 Å². The molecule has 0 aliphatic carbocycles. The quantitative estimate of drug-likeness (QED) is 0.726. The Kier molecular flexibility index (Phi) is 9.16. The first-order chi connectivity index (χ1) is 14.8. The Morgan fingerprint density at radius 3 is 2.07 bits per heavy atom. The molecule has 1 atom stereocenters. The summed E-state index contributed by atoms with van der Waals surface area (Å²) in [4.78, 5) is 0. The second kappa shape index (κ2) is 12.3. The Labute approximate surface area is 177 Å². The summed E-state index contributed by atoms with van der Waals surface area (Å²) in [6.45, 7) is 3.52. The van der Waals surface area contributed by atoms with Crippen LogP contribution in [0.4, 0.5) is 0 Å². The van der Waals surface area contributed by atoms with Gasteiger partial charge in [0.2, 0.25) is 0 Å². The summed E-state index contributed by atoms with van der Waals surface area (Å²) in [5.41, 5.74) is 2.94. The Balaban J connectivity index is 1.74. The van der Waals surface area contributed by atoms with Crippen molar-refractivity contribution < 1.29 is 28.8 Å². The maximum atomic E-state index is 10.6. The van der Waals surface area contributed by atoms with Gasteiger partial charge in [-0.2, -0.15) is 0 Å². The standard InChI is InChI=1S/C24H28O6/c1-2-19-14-21-16-28-11-10-26-8-9-27-12-13-30-23(20-6-4-3-5-7-20)18-29-17-22(15-19)24(21)25/h1,3-7,14-15,23,25H,8-13,16-18H2/t23-/m1/s1. The second-order valence-corrected chi connectivity index (χ2v) is 6.85. The fourth-order valence-electron chi connectivity index (χ4n) is 3.12. The molecule has 1 heterocycles. The number of phenols is 1. The number of hydrogen-bond acceptors (Lipinski definition) is 6. The van der Waals surface area contributed by atoms with Crippen LogP contribution in [0.25, 0.3) is 0 Å². The minimum atomic E-state index is -0.245. The van der Waals surface area contributed by atoms with Gasteiger partial charge in [-0.15, -0.1) is 6.42 Å². The third-order valence-electron chi connectivity index (χ3n) is 4.68. The minimum absolute atomic E-state index is 0.140. The Bertz CT molecular complexity index is 814. The number of rotatable bonds is 1. The topological polar surface area (TPSA) is 66.4 Å². The monoisotopic (exact) mass is 412 g/mol. The highest BCUT2D eigenvalue weighted by Gasteiger charge is 2.15. The minimum Gasteiger partial charge on any atom is -0.507 e. The van der Waals surface area contributed by atoms with Crippen molar-refractivity contribution in [2.24, 2.45) is 0 Å². The smallest absolute Gasteiger partial charge is 0.126 e. The van der Waals surface area contributed by atoms with Gasteiger partial charge in [0.25, 0.3) is 0 Å². The van der Waals surface area contributed by atoms with E-state index in [1.807, 2.05) is 30.3 Å². The third kappa shape index (κ3) is 6.84. The largest absolute Gasteiger partial charge is 0.507 e. The van der Waals surface area contributed by atoms with Gasteiger partial charge in [-0.1, -0.05) is 36.3 Å². The van der Waals surface area contributed by atoms with Gasteiger partial charge in [0.15, 0.2) is 0 Å². The summed E-state index contributed by atoms with van der Waals surface area (Å²) >= 11 is 0. The van der Waals surface area contributed by atoms with Crippen LogP contribution in [0.15, 0.2) is 42.5 Å². The number of aromatic hydroxyl groups is 1. The van der Waals surface area contributed by atoms with Crippen molar-refractivity contribution in [1.29, 1.82) is 0 Å². The highest BCUT2D eigenvalue weighted by atomic mass is 16.6. The molecule has 0 aromatic heterocycles. The summed E-state index contributed by atoms with van der Waals surface area (Å²) in [5, 5.41) is 10.6. The molecule has 1 aliphatic rings. The number of fused-ring (bicyclic) bond motifs is 2. The number of hydrogen-bond donors (Lipinski definition) is 1. The van der Waals surface area contributed by atoms with E-state index < -0.39 is 0 Å². The van der Waals surface area contributed by atoms with E-state index in [0.29, 0.717) is 62.9 Å². The van der Waals surface area contributed by atoms with Crippen LogP contribution in [0.3, 0.4) is 0 Å². The summed E-state index contributed by atoms with van der Waals surface area (Å²) in [6.07, 6.45) is 5.34. The van der Waals surface area contributed by atoms with E-state index in [9.17, 15) is 5.11 Å². The van der Waals surface area contributed by atoms with E-state index in [4.69, 9.17) is 30.1 Å². The van der Waals surface area contributed by atoms with Crippen molar-refractivity contribution >= 4 is 0 Å². The van der Waals surface area contributed by atoms with Crippen LogP contribution >= 0.6 is 0 Å². The van der Waals surface area contributed by atoms with Gasteiger partial charge >= 0.3 is 0 Å². The van der Waals surface area contributed by atoms with Gasteiger partial charge in [0.05, 0.1) is 59.5 Å². The van der Waals surface area contributed by atoms with E-state index in [1.54, 1.807) is 12.1 Å². The van der Waals surface area contributed by atoms with Gasteiger partial charge < -0.3 is 28.8 Å². The van der Waals surface area contributed by atoms with Crippen LogP contribution in [-0.4, -0.2) is 51.4 Å². The van der Waals surface area contributed by atoms with Crippen LogP contribution in [0, 0.1) is 12.3 Å². The first-order valence-electron chi connectivity index (χ1n) is 10.1. The SMILES string of the molecule is C#Cc1cc2c(O)c(c1)COC[C@H](c1ccccc1)OCCOCCOCCOC2. The van der Waals surface area contributed by atoms with Gasteiger partial charge in [-0.05, 0) is 17.7 Å². The summed E-state index contributed by atoms with van der Waals surface area (Å²) in [5.74, 6) is 2.76. The Hall–Kier alpha value is -2.40. The molecule has 6 heteroatoms. The maximum Gasteiger partial charge on any atom is 0.126 e. The molecule has 0 spiro atoms. The molecule has 0 fully saturated rings. The lowest BCUT2D eigenvalue weighted by Gasteiger charge is -2.19. The highest BCUT2D eigenvalue weighted by Crippen LogP contribution is 2.27. The van der Waals surface area contributed by atoms with Gasteiger partial charge in [0.1, 0.15) is 11.9 Å². The molecule has 160 valence electrons. The first-order valence-corrected chi connectivity index (χ1v) is 10.1. The first kappa shape index (κ1) is 22.3. The zero-order valence-corrected chi connectivity index (χ0v) is 17.0. The summed E-state index contributed by atoms with van der Waals surface area (Å²) in [7, 11) is 0. The fraction of sp³-hybridized carbons (Fsp3) is 0.417. The molecule has 30 heavy (non-hydrogen) atoms. The Morgan fingerprint density at radius 1 is 0.800 bits per heavy atom. The van der Waals surface area contributed by atoms with Crippen LogP contribution < -0.4 is 0 Å². The normalized spacial score (nSPS) is 19.9. The zero-order valence-electron chi connectivity index (χ0n) is 17.0. The van der Waals surface area contributed by atoms with Crippen molar-refractivity contribution in [3.8, 4) is 18.1 Å². The molecule has 1 N–H and O–H groups in total. The molecule has 2 aromatic carbocycles. The molecule has 1 aliphatic heterocycles. The van der Waals surface area contributed by atoms with E-state index in [1.165, 1.54) is 0 Å². The molecule has 0 unspecified atom stereocenters. The van der Waals surface area contributed by atoms with Crippen molar-refractivity contribution in [2.45, 2.75) is 19.3 Å². The van der Waals surface area contributed by atoms with Crippen LogP contribution in [0.1, 0.15) is 28.4 Å². The maximum absolute atomic E-state index is 10.6. The van der Waals surface area contributed by atoms with E-state index >= 15 is 0 Å². The average Bonchev–Trinajstić information content (AvgIpc) is 2.78. The number of benzene rings is 2. The molecule has 0 saturated heterocycles. The average molecular weight is 412 g/mol. The van der Waals surface area contributed by atoms with Crippen molar-refractivity contribution in [1.82, 2.24) is 0 Å². The van der Waals surface area contributed by atoms with Gasteiger partial charge in [0, 0.05) is 16.7 Å². The van der Waals surface area contributed by atoms with Gasteiger partial charge in [-0.3, -0.25) is 0 Å². The lowest BCUT2D eigenvalue weighted by Crippen LogP contribution is -2.17. The molecular weight excluding hydrogens is 384 g/mol. The van der Waals surface area contributed by atoms with E-state index in [-0.39, 0.29) is 25.1 Å². The zero-order chi connectivity index (χ0) is 21.0.